The van der Waals surface area contributed by atoms with E-state index < -0.39 is 51.4 Å². The van der Waals surface area contributed by atoms with E-state index in [1.54, 1.807) is 49.5 Å². The van der Waals surface area contributed by atoms with Crippen LogP contribution in [0.4, 0.5) is 15.7 Å². The number of hydrogen-bond donors (Lipinski definition) is 4. The zero-order valence-electron chi connectivity index (χ0n) is 56.1. The molecule has 6 aromatic rings. The summed E-state index contributed by atoms with van der Waals surface area (Å²) in [4.78, 5) is 118. The van der Waals surface area contributed by atoms with Gasteiger partial charge in [-0.2, -0.15) is 13.5 Å². The molecule has 25 heteroatoms. The Morgan fingerprint density at radius 3 is 2.32 bits per heavy atom. The molecule has 3 aromatic carbocycles. The number of carboxylic acids is 1. The molecule has 3 aromatic heterocycles. The van der Waals surface area contributed by atoms with E-state index in [2.05, 4.69) is 36.4 Å². The normalized spacial score (nSPS) is 20.6. The molecule has 2 bridgehead atoms. The van der Waals surface area contributed by atoms with Crippen LogP contribution in [0.5, 0.6) is 0 Å². The molecule has 97 heavy (non-hydrogen) atoms. The fraction of sp³-hybridized carbons (Fsp3) is 0.486. The fourth-order valence-corrected chi connectivity index (χ4v) is 16.5. The number of hydrogen-bond acceptors (Lipinski definition) is 17. The number of carboxylic acid groups (broad SMARTS) is 1. The van der Waals surface area contributed by atoms with Crippen molar-refractivity contribution in [3.63, 3.8) is 0 Å². The predicted molar refractivity (Wildman–Crippen MR) is 366 cm³/mol. The highest BCUT2D eigenvalue weighted by atomic mass is 32.2. The summed E-state index contributed by atoms with van der Waals surface area (Å²) in [5.74, 6) is -3.65. The number of nitrogens with zero attached hydrogens (tertiary/aromatic N) is 7. The van der Waals surface area contributed by atoms with Crippen molar-refractivity contribution in [1.82, 2.24) is 34.9 Å². The number of thiazole rings is 1. The van der Waals surface area contributed by atoms with Gasteiger partial charge in [0, 0.05) is 99.0 Å². The number of rotatable bonds is 30. The van der Waals surface area contributed by atoms with E-state index in [0.29, 0.717) is 96.4 Å². The van der Waals surface area contributed by atoms with E-state index >= 15 is 0 Å². The summed E-state index contributed by atoms with van der Waals surface area (Å²) in [6.45, 7) is 15.1. The van der Waals surface area contributed by atoms with Gasteiger partial charge < -0.3 is 29.7 Å². The summed E-state index contributed by atoms with van der Waals surface area (Å²) in [5.41, 5.74) is 5.00. The third-order valence-corrected chi connectivity index (χ3v) is 21.0. The van der Waals surface area contributed by atoms with E-state index in [0.717, 1.165) is 52.7 Å². The highest BCUT2D eigenvalue weighted by molar-refractivity contribution is 7.85. The number of benzene rings is 3. The largest absolute Gasteiger partial charge is 0.476 e. The van der Waals surface area contributed by atoms with Gasteiger partial charge in [-0.1, -0.05) is 101 Å². The summed E-state index contributed by atoms with van der Waals surface area (Å²) in [6.07, 6.45) is 9.94. The summed E-state index contributed by atoms with van der Waals surface area (Å²) in [6, 6.07) is 22.9. The third kappa shape index (κ3) is 17.8. The third-order valence-electron chi connectivity index (χ3n) is 19.4. The second-order valence-electron chi connectivity index (χ2n) is 28.0. The first-order chi connectivity index (χ1) is 46.0. The van der Waals surface area contributed by atoms with Crippen LogP contribution >= 0.6 is 11.3 Å². The van der Waals surface area contributed by atoms with Crippen molar-refractivity contribution in [1.29, 1.82) is 0 Å². The van der Waals surface area contributed by atoms with E-state index in [4.69, 9.17) is 19.6 Å². The molecule has 4 aliphatic rings. The number of imide groups is 1. The molecule has 2 aliphatic heterocycles. The molecule has 0 radical (unpaired) electrons. The fourth-order valence-electron chi connectivity index (χ4n) is 15.2. The van der Waals surface area contributed by atoms with Crippen LogP contribution in [0.25, 0.3) is 21.3 Å². The maximum Gasteiger partial charge on any atom is 0.410 e. The van der Waals surface area contributed by atoms with Crippen molar-refractivity contribution in [3.05, 3.63) is 136 Å². The molecule has 6 atom stereocenters. The van der Waals surface area contributed by atoms with Gasteiger partial charge in [0.25, 0.3) is 27.8 Å². The highest BCUT2D eigenvalue weighted by Crippen LogP contribution is 2.60. The molecule has 2 aliphatic carbocycles. The number of aromatic nitrogens is 4. The van der Waals surface area contributed by atoms with Gasteiger partial charge in [0.15, 0.2) is 16.6 Å². The quantitative estimate of drug-likeness (QED) is 0.0185. The van der Waals surface area contributed by atoms with Crippen molar-refractivity contribution in [2.75, 3.05) is 48.8 Å². The van der Waals surface area contributed by atoms with E-state index in [1.807, 2.05) is 72.8 Å². The van der Waals surface area contributed by atoms with Gasteiger partial charge in [0.2, 0.25) is 5.91 Å². The Kier molecular flexibility index (Phi) is 22.1. The number of carbonyl (C=O) groups excluding carboxylic acids is 7. The number of ketones is 2. The Bertz CT molecular complexity index is 4080. The minimum Gasteiger partial charge on any atom is -0.476 e. The van der Waals surface area contributed by atoms with Gasteiger partial charge in [-0.3, -0.25) is 48.2 Å². The van der Waals surface area contributed by atoms with Crippen LogP contribution in [0.3, 0.4) is 0 Å². The Morgan fingerprint density at radius 1 is 0.856 bits per heavy atom. The van der Waals surface area contributed by atoms with Gasteiger partial charge in [-0.05, 0) is 140 Å². The topological polar surface area (TPSA) is 307 Å². The lowest BCUT2D eigenvalue weighted by molar-refractivity contribution is -0.179. The molecule has 5 heterocycles. The second kappa shape index (κ2) is 30.1. The molecular weight excluding hydrogens is 1280 g/mol. The molecule has 2 fully saturated rings. The lowest BCUT2D eigenvalue weighted by Crippen LogP contribution is -2.55. The first-order valence-corrected chi connectivity index (χ1v) is 35.7. The zero-order valence-corrected chi connectivity index (χ0v) is 57.8. The molecule has 0 saturated heterocycles. The molecule has 516 valence electrons. The monoisotopic (exact) mass is 1370 g/mol. The highest BCUT2D eigenvalue weighted by Gasteiger charge is 2.56. The van der Waals surface area contributed by atoms with Gasteiger partial charge >= 0.3 is 12.1 Å². The minimum absolute atomic E-state index is 0.0102. The summed E-state index contributed by atoms with van der Waals surface area (Å²) in [7, 11) is -4.48. The average Bonchev–Trinajstić information content (AvgIpc) is 1.14. The van der Waals surface area contributed by atoms with Crippen molar-refractivity contribution < 1.29 is 65.9 Å². The summed E-state index contributed by atoms with van der Waals surface area (Å²) in [5, 5.41) is 21.9. The molecular formula is C72H87N9O14S2. The minimum atomic E-state index is -4.48. The maximum absolute atomic E-state index is 13.8. The van der Waals surface area contributed by atoms with Gasteiger partial charge in [-0.25, -0.2) is 19.6 Å². The molecule has 23 nitrogen and oxygen atoms in total. The Morgan fingerprint density at radius 2 is 1.60 bits per heavy atom. The lowest BCUT2D eigenvalue weighted by atomic mass is 9.51. The smallest absolute Gasteiger partial charge is 0.410 e. The van der Waals surface area contributed by atoms with Crippen LogP contribution in [0.15, 0.2) is 97.2 Å². The Balaban J connectivity index is 0.727. The van der Waals surface area contributed by atoms with E-state index in [-0.39, 0.29) is 104 Å². The predicted octanol–water partition coefficient (Wildman–Crippen LogP) is 10.6. The molecule has 5 amide bonds. The standard InChI is InChI=1S/C72H87N9O14S2/c1-45(2)55(35-52(82)15-9-8-12-28-80-62(84)25-26-63(80)85)66(87)74-47(4)59(83)34-49-19-21-50(22-20-49)40-94-69(90)78(31-33-97(91,92)93)30-32-95-72-37-46(3)36-70(6,42-72)41-71(7,43-72)44-81-48(5)56(38-73-81)53-23-24-61(76-64(53)67(88)89)79-29-27-51-14-13-16-54(57(51)39-79)65(86)77-68-75-58-17-10-11-18-60(58)96-68/h10-11,13-14,16-26,38,45-47,55H,8-9,12,15,27-37,39-44H2,1-7H3,(H,74,87)(H,88,89)(H,75,77,86)(H,91,92,93)/t46?,47-,55-,70?,71?,72?/m0/s1. The van der Waals surface area contributed by atoms with Crippen LogP contribution in [-0.2, 0) is 76.1 Å². The Labute approximate surface area is 569 Å². The number of unbranched alkanes of at least 4 members (excludes halogenated alkanes) is 2. The second-order valence-corrected chi connectivity index (χ2v) is 30.6. The van der Waals surface area contributed by atoms with Crippen LogP contribution < -0.4 is 15.5 Å². The Hall–Kier alpha value is -8.52. The van der Waals surface area contributed by atoms with Crippen LogP contribution in [0.2, 0.25) is 0 Å². The summed E-state index contributed by atoms with van der Waals surface area (Å²) < 4.78 is 49.4. The molecule has 10 rings (SSSR count). The number of carbonyl (C=O) groups is 8. The average molecular weight is 1370 g/mol. The van der Waals surface area contributed by atoms with E-state index in [1.165, 1.54) is 33.3 Å². The maximum atomic E-state index is 13.8. The van der Waals surface area contributed by atoms with Gasteiger partial charge in [0.05, 0.1) is 40.4 Å². The number of nitrogens with one attached hydrogen (secondary N) is 2. The number of para-hydroxylation sites is 1. The number of pyridine rings is 1. The summed E-state index contributed by atoms with van der Waals surface area (Å²) >= 11 is 1.40. The van der Waals surface area contributed by atoms with Gasteiger partial charge in [-0.15, -0.1) is 0 Å². The van der Waals surface area contributed by atoms with Crippen LogP contribution in [0, 0.1) is 35.5 Å². The van der Waals surface area contributed by atoms with Crippen molar-refractivity contribution in [2.45, 2.75) is 157 Å². The van der Waals surface area contributed by atoms with Crippen LogP contribution in [-0.4, -0.2) is 145 Å². The molecule has 2 saturated carbocycles. The lowest BCUT2D eigenvalue weighted by Gasteiger charge is -2.58. The molecule has 4 N–H and O–H groups in total. The van der Waals surface area contributed by atoms with Crippen molar-refractivity contribution in [2.24, 2.45) is 28.6 Å². The number of aromatic carboxylic acids is 1. The first kappa shape index (κ1) is 71.3. The molecule has 4 unspecified atom stereocenters. The van der Waals surface area contributed by atoms with Crippen LogP contribution in [0.1, 0.15) is 155 Å². The SMILES string of the molecule is Cc1c(-c2ccc(N3CCc4cccc(C(=O)Nc5nc6ccccc6s5)c4C3)nc2C(=O)O)cnn1CC1(C)CC2(C)CC(C)CC(OCCN(CCS(=O)(=O)O)C(=O)OCc3ccc(CC(=O)[C@H](C)NC(=O)[C@@H](CC(=O)CCCCCN4C(=O)C=CC4=O)C(C)C)cc3)(C2)C1. The van der Waals surface area contributed by atoms with Crippen molar-refractivity contribution >= 4 is 89.9 Å². The zero-order chi connectivity index (χ0) is 69.6. The van der Waals surface area contributed by atoms with Gasteiger partial charge in [0.1, 0.15) is 18.2 Å². The number of amides is 5. The number of anilines is 2. The van der Waals surface area contributed by atoms with Crippen molar-refractivity contribution in [3.8, 4) is 11.1 Å². The number of Topliss-reactive ketones (excluding diaryl/α,β-unsaturated/α-hetero) is 2. The number of ether oxygens (including phenoxy) is 2. The molecule has 0 spiro atoms. The first-order valence-electron chi connectivity index (χ1n) is 33.3. The van der Waals surface area contributed by atoms with E-state index in [9.17, 15) is 56.4 Å². The number of fused-ring (bicyclic) bond motifs is 4.